The molecule has 2 amide bonds. The van der Waals surface area contributed by atoms with Gasteiger partial charge in [0, 0.05) is 43.7 Å². The molecule has 2 aromatic rings. The van der Waals surface area contributed by atoms with Crippen LogP contribution < -0.4 is 10.1 Å². The summed E-state index contributed by atoms with van der Waals surface area (Å²) in [5.74, 6) is -0.299. The lowest BCUT2D eigenvalue weighted by atomic mass is 9.89. The number of carbonyl (C=O) groups is 2. The number of fused-ring (bicyclic) bond motifs is 2. The van der Waals surface area contributed by atoms with Gasteiger partial charge < -0.3 is 15.0 Å². The Morgan fingerprint density at radius 3 is 2.49 bits per heavy atom. The average molecular weight is 500 g/mol. The number of aromatic amines is 1. The SMILES string of the molecule is COc1cc(-c2cc(C(=O)N3[C@@H]4CC[C@H]3C[C@H](C(=O)NC3CC[Si](C)(C)CC3)C4)n[nH]2)c(F)cn1. The van der Waals surface area contributed by atoms with E-state index in [4.69, 9.17) is 4.74 Å². The Morgan fingerprint density at radius 1 is 1.14 bits per heavy atom. The van der Waals surface area contributed by atoms with E-state index in [0.717, 1.165) is 31.9 Å². The maximum Gasteiger partial charge on any atom is 0.274 e. The Hall–Kier alpha value is -2.75. The van der Waals surface area contributed by atoms with E-state index < -0.39 is 13.9 Å². The van der Waals surface area contributed by atoms with Gasteiger partial charge in [0.15, 0.2) is 11.5 Å². The van der Waals surface area contributed by atoms with Crippen LogP contribution in [0.15, 0.2) is 18.3 Å². The molecule has 188 valence electrons. The van der Waals surface area contributed by atoms with Crippen molar-refractivity contribution in [1.82, 2.24) is 25.4 Å². The molecule has 0 spiro atoms. The van der Waals surface area contributed by atoms with Crippen molar-refractivity contribution in [3.8, 4) is 17.1 Å². The Labute approximate surface area is 206 Å². The van der Waals surface area contributed by atoms with Gasteiger partial charge in [-0.3, -0.25) is 14.7 Å². The molecule has 0 aromatic carbocycles. The van der Waals surface area contributed by atoms with Crippen LogP contribution in [0.2, 0.25) is 25.2 Å². The molecule has 3 aliphatic rings. The fourth-order valence-corrected chi connectivity index (χ4v) is 8.53. The van der Waals surface area contributed by atoms with E-state index in [9.17, 15) is 14.0 Å². The molecule has 3 saturated heterocycles. The van der Waals surface area contributed by atoms with Gasteiger partial charge in [-0.25, -0.2) is 9.37 Å². The van der Waals surface area contributed by atoms with Crippen molar-refractivity contribution in [3.05, 3.63) is 29.8 Å². The molecule has 10 heteroatoms. The first kappa shape index (κ1) is 24.0. The monoisotopic (exact) mass is 499 g/mol. The number of piperidine rings is 1. The first-order chi connectivity index (χ1) is 16.7. The summed E-state index contributed by atoms with van der Waals surface area (Å²) in [4.78, 5) is 32.2. The van der Waals surface area contributed by atoms with E-state index >= 15 is 0 Å². The second-order valence-electron chi connectivity index (χ2n) is 11.1. The normalized spacial score (nSPS) is 25.9. The second-order valence-corrected chi connectivity index (χ2v) is 16.4. The Kier molecular flexibility index (Phi) is 6.41. The minimum Gasteiger partial charge on any atom is -0.481 e. The number of aromatic nitrogens is 3. The van der Waals surface area contributed by atoms with Gasteiger partial charge >= 0.3 is 0 Å². The number of nitrogens with one attached hydrogen (secondary N) is 2. The zero-order valence-corrected chi connectivity index (χ0v) is 21.6. The Balaban J connectivity index is 1.24. The van der Waals surface area contributed by atoms with Crippen LogP contribution in [0.5, 0.6) is 5.88 Å². The van der Waals surface area contributed by atoms with Gasteiger partial charge in [0.1, 0.15) is 0 Å². The molecule has 0 radical (unpaired) electrons. The summed E-state index contributed by atoms with van der Waals surface area (Å²) in [6.07, 6.45) is 6.46. The molecule has 35 heavy (non-hydrogen) atoms. The van der Waals surface area contributed by atoms with Crippen molar-refractivity contribution in [1.29, 1.82) is 0 Å². The lowest BCUT2D eigenvalue weighted by Crippen LogP contribution is -2.51. The van der Waals surface area contributed by atoms with Crippen LogP contribution in [0.1, 0.15) is 49.0 Å². The molecule has 3 fully saturated rings. The third kappa shape index (κ3) is 4.85. The summed E-state index contributed by atoms with van der Waals surface area (Å²) in [6.45, 7) is 4.87. The topological polar surface area (TPSA) is 100 Å². The number of methoxy groups -OCH3 is 1. The smallest absolute Gasteiger partial charge is 0.274 e. The molecule has 2 aromatic heterocycles. The number of pyridine rings is 1. The number of hydrogen-bond donors (Lipinski definition) is 2. The van der Waals surface area contributed by atoms with Gasteiger partial charge in [0.2, 0.25) is 11.8 Å². The van der Waals surface area contributed by atoms with Crippen LogP contribution in [-0.2, 0) is 4.79 Å². The fourth-order valence-electron chi connectivity index (χ4n) is 6.02. The minimum absolute atomic E-state index is 0.0348. The predicted molar refractivity (Wildman–Crippen MR) is 132 cm³/mol. The largest absolute Gasteiger partial charge is 0.481 e. The Morgan fingerprint density at radius 2 is 1.83 bits per heavy atom. The zero-order valence-electron chi connectivity index (χ0n) is 20.6. The van der Waals surface area contributed by atoms with E-state index in [1.807, 2.05) is 4.90 Å². The predicted octanol–water partition coefficient (Wildman–Crippen LogP) is 3.99. The number of ether oxygens (including phenoxy) is 1. The highest BCUT2D eigenvalue weighted by atomic mass is 28.3. The highest BCUT2D eigenvalue weighted by Crippen LogP contribution is 2.40. The molecule has 8 nitrogen and oxygen atoms in total. The van der Waals surface area contributed by atoms with Gasteiger partial charge in [0.05, 0.1) is 19.0 Å². The first-order valence-corrected chi connectivity index (χ1v) is 16.0. The highest BCUT2D eigenvalue weighted by molar-refractivity contribution is 6.77. The average Bonchev–Trinajstić information content (AvgIpc) is 3.43. The number of H-pyrrole nitrogens is 1. The summed E-state index contributed by atoms with van der Waals surface area (Å²) >= 11 is 0. The molecule has 0 saturated carbocycles. The third-order valence-electron chi connectivity index (χ3n) is 8.15. The van der Waals surface area contributed by atoms with E-state index in [0.29, 0.717) is 24.6 Å². The van der Waals surface area contributed by atoms with Gasteiger partial charge in [-0.2, -0.15) is 5.10 Å². The number of carbonyl (C=O) groups excluding carboxylic acids is 2. The molecule has 2 bridgehead atoms. The van der Waals surface area contributed by atoms with Crippen LogP contribution in [-0.4, -0.2) is 65.2 Å². The number of rotatable bonds is 5. The first-order valence-electron chi connectivity index (χ1n) is 12.6. The minimum atomic E-state index is -1.05. The number of halogens is 1. The maximum atomic E-state index is 14.3. The van der Waals surface area contributed by atoms with Gasteiger partial charge in [-0.05, 0) is 44.6 Å². The van der Waals surface area contributed by atoms with Crippen molar-refractivity contribution in [2.75, 3.05) is 7.11 Å². The van der Waals surface area contributed by atoms with Crippen LogP contribution in [0.4, 0.5) is 4.39 Å². The van der Waals surface area contributed by atoms with Gasteiger partial charge in [0.25, 0.3) is 5.91 Å². The van der Waals surface area contributed by atoms with Crippen molar-refractivity contribution in [2.24, 2.45) is 5.92 Å². The summed E-state index contributed by atoms with van der Waals surface area (Å²) < 4.78 is 19.4. The Bertz CT molecular complexity index is 1100. The lowest BCUT2D eigenvalue weighted by molar-refractivity contribution is -0.128. The summed E-state index contributed by atoms with van der Waals surface area (Å²) in [6, 6.07) is 5.97. The molecule has 0 aliphatic carbocycles. The van der Waals surface area contributed by atoms with E-state index in [2.05, 4.69) is 33.6 Å². The lowest BCUT2D eigenvalue weighted by Gasteiger charge is -2.39. The molecule has 5 rings (SSSR count). The molecule has 0 unspecified atom stereocenters. The van der Waals surface area contributed by atoms with Crippen molar-refractivity contribution >= 4 is 19.9 Å². The van der Waals surface area contributed by atoms with Crippen LogP contribution in [0.3, 0.4) is 0 Å². The van der Waals surface area contributed by atoms with Crippen molar-refractivity contribution in [2.45, 2.75) is 81.8 Å². The van der Waals surface area contributed by atoms with Crippen LogP contribution >= 0.6 is 0 Å². The highest BCUT2D eigenvalue weighted by Gasteiger charge is 2.46. The number of nitrogens with zero attached hydrogens (tertiary/aromatic N) is 3. The fraction of sp³-hybridized carbons (Fsp3) is 0.600. The molecule has 2 N–H and O–H groups in total. The van der Waals surface area contributed by atoms with Gasteiger partial charge in [-0.15, -0.1) is 0 Å². The summed E-state index contributed by atoms with van der Waals surface area (Å²) in [7, 11) is 0.410. The molecule has 3 atom stereocenters. The van der Waals surface area contributed by atoms with E-state index in [1.165, 1.54) is 25.3 Å². The molecular weight excluding hydrogens is 465 g/mol. The van der Waals surface area contributed by atoms with Crippen molar-refractivity contribution in [3.63, 3.8) is 0 Å². The molecular formula is C25H34FN5O3Si. The van der Waals surface area contributed by atoms with E-state index in [-0.39, 0.29) is 47.0 Å². The zero-order chi connectivity index (χ0) is 24.7. The summed E-state index contributed by atoms with van der Waals surface area (Å²) in [5.41, 5.74) is 0.895. The van der Waals surface area contributed by atoms with Gasteiger partial charge in [-0.1, -0.05) is 25.2 Å². The molecule has 5 heterocycles. The standard InChI is InChI=1S/C25H34FN5O3Si/c1-34-23-12-19(20(26)14-27-23)21-13-22(30-29-21)25(33)31-17-4-5-18(31)11-15(10-17)24(32)28-16-6-8-35(2,3)9-7-16/h12-18H,4-11H2,1-3H3,(H,28,32)(H,29,30)/t15-,17-,18+. The van der Waals surface area contributed by atoms with Crippen LogP contribution in [0.25, 0.3) is 11.3 Å². The third-order valence-corrected chi connectivity index (χ3v) is 11.4. The van der Waals surface area contributed by atoms with E-state index in [1.54, 1.807) is 6.07 Å². The van der Waals surface area contributed by atoms with Crippen molar-refractivity contribution < 1.29 is 18.7 Å². The second kappa shape index (κ2) is 9.37. The maximum absolute atomic E-state index is 14.3. The van der Waals surface area contributed by atoms with Crippen LogP contribution in [0, 0.1) is 11.7 Å². The summed E-state index contributed by atoms with van der Waals surface area (Å²) in [5, 5.41) is 10.3. The number of amides is 2. The molecule has 3 aliphatic heterocycles. The quantitative estimate of drug-likeness (QED) is 0.606. The number of hydrogen-bond acceptors (Lipinski definition) is 5.